The van der Waals surface area contributed by atoms with Gasteiger partial charge in [0.25, 0.3) is 0 Å². The second kappa shape index (κ2) is 5.11. The van der Waals surface area contributed by atoms with E-state index in [1.54, 1.807) is 13.0 Å². The molecule has 1 atom stereocenters. The highest BCUT2D eigenvalue weighted by molar-refractivity contribution is 7.99. The molecule has 0 heterocycles. The van der Waals surface area contributed by atoms with Crippen molar-refractivity contribution in [1.29, 1.82) is 0 Å². The van der Waals surface area contributed by atoms with Gasteiger partial charge in [-0.2, -0.15) is 0 Å². The van der Waals surface area contributed by atoms with Crippen molar-refractivity contribution in [2.75, 3.05) is 5.75 Å². The molecule has 1 aromatic rings. The highest BCUT2D eigenvalue weighted by Crippen LogP contribution is 2.26. The van der Waals surface area contributed by atoms with E-state index in [1.807, 2.05) is 12.1 Å². The SMILES string of the molecule is C[C@@H](O)CSc1cc(Cl)cc(Cl)c1. The summed E-state index contributed by atoms with van der Waals surface area (Å²) >= 11 is 13.1. The molecule has 0 saturated heterocycles. The molecule has 0 aliphatic rings. The lowest BCUT2D eigenvalue weighted by Gasteiger charge is -2.04. The van der Waals surface area contributed by atoms with Gasteiger partial charge in [0.2, 0.25) is 0 Å². The molecule has 0 saturated carbocycles. The van der Waals surface area contributed by atoms with Crippen LogP contribution < -0.4 is 0 Å². The Hall–Kier alpha value is 0.110. The Morgan fingerprint density at radius 1 is 1.31 bits per heavy atom. The van der Waals surface area contributed by atoms with Crippen molar-refractivity contribution in [2.24, 2.45) is 0 Å². The molecule has 0 aliphatic heterocycles. The summed E-state index contributed by atoms with van der Waals surface area (Å²) in [6, 6.07) is 5.36. The fraction of sp³-hybridized carbons (Fsp3) is 0.333. The van der Waals surface area contributed by atoms with Crippen LogP contribution in [0.2, 0.25) is 10.0 Å². The van der Waals surface area contributed by atoms with Gasteiger partial charge in [-0.15, -0.1) is 11.8 Å². The maximum absolute atomic E-state index is 9.07. The molecule has 1 aromatic carbocycles. The number of halogens is 2. The lowest BCUT2D eigenvalue weighted by molar-refractivity contribution is 0.220. The zero-order chi connectivity index (χ0) is 9.84. The number of benzene rings is 1. The predicted octanol–water partition coefficient (Wildman–Crippen LogP) is 3.47. The minimum Gasteiger partial charge on any atom is -0.393 e. The van der Waals surface area contributed by atoms with Gasteiger partial charge >= 0.3 is 0 Å². The normalized spacial score (nSPS) is 12.9. The smallest absolute Gasteiger partial charge is 0.0606 e. The van der Waals surface area contributed by atoms with Crippen molar-refractivity contribution in [3.05, 3.63) is 28.2 Å². The van der Waals surface area contributed by atoms with E-state index in [9.17, 15) is 0 Å². The Morgan fingerprint density at radius 3 is 2.31 bits per heavy atom. The fourth-order valence-electron chi connectivity index (χ4n) is 0.829. The molecule has 0 spiro atoms. The van der Waals surface area contributed by atoms with Crippen molar-refractivity contribution < 1.29 is 5.11 Å². The molecule has 1 rings (SSSR count). The van der Waals surface area contributed by atoms with Gasteiger partial charge in [-0.05, 0) is 25.1 Å². The van der Waals surface area contributed by atoms with E-state index < -0.39 is 0 Å². The lowest BCUT2D eigenvalue weighted by Crippen LogP contribution is -2.02. The molecule has 0 aliphatic carbocycles. The molecule has 0 aromatic heterocycles. The van der Waals surface area contributed by atoms with Crippen molar-refractivity contribution in [1.82, 2.24) is 0 Å². The van der Waals surface area contributed by atoms with Crippen LogP contribution in [-0.4, -0.2) is 17.0 Å². The quantitative estimate of drug-likeness (QED) is 0.812. The van der Waals surface area contributed by atoms with E-state index in [0.29, 0.717) is 15.8 Å². The van der Waals surface area contributed by atoms with Gasteiger partial charge in [0.1, 0.15) is 0 Å². The third-order valence-corrected chi connectivity index (χ3v) is 2.98. The monoisotopic (exact) mass is 236 g/mol. The molecular weight excluding hydrogens is 227 g/mol. The molecule has 1 N–H and O–H groups in total. The maximum atomic E-state index is 9.07. The van der Waals surface area contributed by atoms with E-state index in [-0.39, 0.29) is 6.10 Å². The Balaban J connectivity index is 2.66. The molecule has 0 fully saturated rings. The Morgan fingerprint density at radius 2 is 1.85 bits per heavy atom. The number of aliphatic hydroxyl groups excluding tert-OH is 1. The topological polar surface area (TPSA) is 20.2 Å². The molecule has 13 heavy (non-hydrogen) atoms. The lowest BCUT2D eigenvalue weighted by atomic mass is 10.4. The Kier molecular flexibility index (Phi) is 4.39. The Bertz CT molecular complexity index is 269. The van der Waals surface area contributed by atoms with Gasteiger partial charge in [0.15, 0.2) is 0 Å². The Labute approximate surface area is 92.1 Å². The number of rotatable bonds is 3. The molecule has 0 bridgehead atoms. The van der Waals surface area contributed by atoms with Gasteiger partial charge < -0.3 is 5.11 Å². The third-order valence-electron chi connectivity index (χ3n) is 1.33. The zero-order valence-electron chi connectivity index (χ0n) is 7.13. The number of hydrogen-bond donors (Lipinski definition) is 1. The molecule has 0 radical (unpaired) electrons. The summed E-state index contributed by atoms with van der Waals surface area (Å²) in [7, 11) is 0. The first-order chi connectivity index (χ1) is 6.08. The van der Waals surface area contributed by atoms with Gasteiger partial charge in [0, 0.05) is 20.7 Å². The first-order valence-corrected chi connectivity index (χ1v) is 5.59. The molecule has 4 heteroatoms. The van der Waals surface area contributed by atoms with E-state index in [1.165, 1.54) is 11.8 Å². The first-order valence-electron chi connectivity index (χ1n) is 3.85. The van der Waals surface area contributed by atoms with Crippen LogP contribution in [-0.2, 0) is 0 Å². The van der Waals surface area contributed by atoms with Crippen LogP contribution in [0.3, 0.4) is 0 Å². The van der Waals surface area contributed by atoms with Crippen LogP contribution in [0.1, 0.15) is 6.92 Å². The molecule has 0 unspecified atom stereocenters. The summed E-state index contributed by atoms with van der Waals surface area (Å²) in [4.78, 5) is 0.985. The molecule has 0 amide bonds. The third kappa shape index (κ3) is 4.23. The number of aliphatic hydroxyl groups is 1. The van der Waals surface area contributed by atoms with Crippen molar-refractivity contribution >= 4 is 35.0 Å². The van der Waals surface area contributed by atoms with Gasteiger partial charge in [-0.1, -0.05) is 23.2 Å². The van der Waals surface area contributed by atoms with E-state index in [0.717, 1.165) is 4.90 Å². The molecule has 1 nitrogen and oxygen atoms in total. The molecular formula is C9H10Cl2OS. The van der Waals surface area contributed by atoms with E-state index in [2.05, 4.69) is 0 Å². The predicted molar refractivity (Wildman–Crippen MR) is 58.9 cm³/mol. The van der Waals surface area contributed by atoms with E-state index >= 15 is 0 Å². The highest BCUT2D eigenvalue weighted by atomic mass is 35.5. The van der Waals surface area contributed by atoms with Gasteiger partial charge in [-0.25, -0.2) is 0 Å². The van der Waals surface area contributed by atoms with Crippen LogP contribution >= 0.6 is 35.0 Å². The first kappa shape index (κ1) is 11.2. The van der Waals surface area contributed by atoms with Crippen LogP contribution in [0.5, 0.6) is 0 Å². The van der Waals surface area contributed by atoms with Gasteiger partial charge in [-0.3, -0.25) is 0 Å². The average molecular weight is 237 g/mol. The summed E-state index contributed by atoms with van der Waals surface area (Å²) in [5.74, 6) is 0.649. The van der Waals surface area contributed by atoms with Crippen molar-refractivity contribution in [3.63, 3.8) is 0 Å². The highest BCUT2D eigenvalue weighted by Gasteiger charge is 2.01. The van der Waals surface area contributed by atoms with Crippen LogP contribution in [0, 0.1) is 0 Å². The standard InChI is InChI=1S/C9H10Cl2OS/c1-6(12)5-13-9-3-7(10)2-8(11)4-9/h2-4,6,12H,5H2,1H3/t6-/m1/s1. The summed E-state index contributed by atoms with van der Waals surface area (Å²) < 4.78 is 0. The summed E-state index contributed by atoms with van der Waals surface area (Å²) in [5, 5.41) is 10.3. The average Bonchev–Trinajstić information content (AvgIpc) is 1.99. The summed E-state index contributed by atoms with van der Waals surface area (Å²) in [6.07, 6.45) is -0.317. The van der Waals surface area contributed by atoms with E-state index in [4.69, 9.17) is 28.3 Å². The molecule has 72 valence electrons. The summed E-state index contributed by atoms with van der Waals surface area (Å²) in [5.41, 5.74) is 0. The maximum Gasteiger partial charge on any atom is 0.0606 e. The van der Waals surface area contributed by atoms with Crippen LogP contribution in [0.15, 0.2) is 23.1 Å². The van der Waals surface area contributed by atoms with Crippen LogP contribution in [0.4, 0.5) is 0 Å². The van der Waals surface area contributed by atoms with Crippen molar-refractivity contribution in [3.8, 4) is 0 Å². The summed E-state index contributed by atoms with van der Waals surface area (Å²) in [6.45, 7) is 1.75. The van der Waals surface area contributed by atoms with Crippen LogP contribution in [0.25, 0.3) is 0 Å². The van der Waals surface area contributed by atoms with Gasteiger partial charge in [0.05, 0.1) is 6.10 Å². The second-order valence-electron chi connectivity index (χ2n) is 2.77. The van der Waals surface area contributed by atoms with Crippen molar-refractivity contribution in [2.45, 2.75) is 17.9 Å². The second-order valence-corrected chi connectivity index (χ2v) is 4.73. The zero-order valence-corrected chi connectivity index (χ0v) is 9.46. The number of thioether (sulfide) groups is 1. The number of hydrogen-bond acceptors (Lipinski definition) is 2. The fourth-order valence-corrected chi connectivity index (χ4v) is 2.34. The largest absolute Gasteiger partial charge is 0.393 e. The minimum atomic E-state index is -0.317. The minimum absolute atomic E-state index is 0.317.